The van der Waals surface area contributed by atoms with E-state index in [0.29, 0.717) is 0 Å². The van der Waals surface area contributed by atoms with Gasteiger partial charge in [-0.25, -0.2) is 0 Å². The summed E-state index contributed by atoms with van der Waals surface area (Å²) in [5.41, 5.74) is 6.03. The Morgan fingerprint density at radius 3 is 2.74 bits per heavy atom. The minimum absolute atomic E-state index is 0.718. The number of hydrogen-bond acceptors (Lipinski definition) is 4. The number of pyridine rings is 1. The van der Waals surface area contributed by atoms with E-state index in [0.717, 1.165) is 59.5 Å². The van der Waals surface area contributed by atoms with Crippen LogP contribution in [0, 0.1) is 18.3 Å². The molecule has 2 heterocycles. The zero-order valence-electron chi connectivity index (χ0n) is 13.0. The minimum Gasteiger partial charge on any atom is -0.340 e. The molecule has 4 rings (SSSR count). The van der Waals surface area contributed by atoms with Crippen LogP contribution < -0.4 is 5.32 Å². The van der Waals surface area contributed by atoms with Crippen molar-refractivity contribution in [3.63, 3.8) is 0 Å². The number of hydrogen-bond donors (Lipinski definition) is 1. The average molecular weight is 303 g/mol. The number of rotatable bonds is 2. The molecule has 1 N–H and O–H groups in total. The molecule has 114 valence electrons. The Morgan fingerprint density at radius 2 is 1.96 bits per heavy atom. The van der Waals surface area contributed by atoms with Crippen LogP contribution in [0.4, 0.5) is 11.5 Å². The second-order valence-corrected chi connectivity index (χ2v) is 5.96. The van der Waals surface area contributed by atoms with Crippen LogP contribution in [0.3, 0.4) is 0 Å². The normalized spacial score (nSPS) is 13.6. The molecule has 0 unspecified atom stereocenters. The maximum Gasteiger partial charge on any atom is 0.165 e. The second-order valence-electron chi connectivity index (χ2n) is 5.96. The number of aromatic nitrogens is 3. The molecule has 23 heavy (non-hydrogen) atoms. The molecule has 0 amide bonds. The van der Waals surface area contributed by atoms with E-state index >= 15 is 0 Å². The first-order chi connectivity index (χ1) is 11.3. The molecule has 0 aliphatic heterocycles. The standard InChI is InChI=1S/C18H17N5/c1-12-6-2-5-9-16(12)21-17-15(10-19)13-7-3-4-8-14(13)18-22-20-11-23(17)18/h2,5-6,9,11,21H,3-4,7-8H2,1H3. The summed E-state index contributed by atoms with van der Waals surface area (Å²) in [4.78, 5) is 0. The quantitative estimate of drug-likeness (QED) is 0.786. The SMILES string of the molecule is Cc1ccccc1Nc1c(C#N)c2c(c3nncn13)CCCC2. The summed E-state index contributed by atoms with van der Waals surface area (Å²) >= 11 is 0. The van der Waals surface area contributed by atoms with Crippen molar-refractivity contribution < 1.29 is 0 Å². The Bertz CT molecular complexity index is 932. The highest BCUT2D eigenvalue weighted by Crippen LogP contribution is 2.33. The number of nitrogens with one attached hydrogen (secondary N) is 1. The number of aryl methyl sites for hydroxylation is 2. The number of nitriles is 1. The van der Waals surface area contributed by atoms with Gasteiger partial charge in [-0.1, -0.05) is 18.2 Å². The van der Waals surface area contributed by atoms with E-state index in [1.165, 1.54) is 5.56 Å². The van der Waals surface area contributed by atoms with E-state index in [2.05, 4.69) is 34.6 Å². The summed E-state index contributed by atoms with van der Waals surface area (Å²) in [6.45, 7) is 2.05. The van der Waals surface area contributed by atoms with Crippen LogP contribution in [-0.2, 0) is 12.8 Å². The highest BCUT2D eigenvalue weighted by Gasteiger charge is 2.23. The molecule has 0 spiro atoms. The highest BCUT2D eigenvalue weighted by molar-refractivity contribution is 5.73. The molecule has 5 nitrogen and oxygen atoms in total. The van der Waals surface area contributed by atoms with Gasteiger partial charge in [-0.05, 0) is 49.8 Å². The number of para-hydroxylation sites is 1. The number of nitrogens with zero attached hydrogens (tertiary/aromatic N) is 4. The molecule has 0 bridgehead atoms. The third kappa shape index (κ3) is 2.15. The number of anilines is 2. The summed E-state index contributed by atoms with van der Waals surface area (Å²) in [6.07, 6.45) is 5.85. The number of fused-ring (bicyclic) bond motifs is 3. The fourth-order valence-corrected chi connectivity index (χ4v) is 3.38. The second kappa shape index (κ2) is 5.40. The van der Waals surface area contributed by atoms with Crippen LogP contribution in [0.15, 0.2) is 30.6 Å². The predicted octanol–water partition coefficient (Wildman–Crippen LogP) is 3.53. The van der Waals surface area contributed by atoms with Gasteiger partial charge < -0.3 is 5.32 Å². The Labute approximate surface area is 134 Å². The molecule has 1 aliphatic carbocycles. The van der Waals surface area contributed by atoms with Crippen molar-refractivity contribution >= 4 is 17.2 Å². The predicted molar refractivity (Wildman–Crippen MR) is 88.8 cm³/mol. The zero-order valence-corrected chi connectivity index (χ0v) is 13.0. The van der Waals surface area contributed by atoms with Crippen molar-refractivity contribution in [3.05, 3.63) is 52.8 Å². The van der Waals surface area contributed by atoms with Crippen LogP contribution in [0.25, 0.3) is 5.65 Å². The van der Waals surface area contributed by atoms with Gasteiger partial charge in [-0.2, -0.15) is 5.26 Å². The minimum atomic E-state index is 0.718. The summed E-state index contributed by atoms with van der Waals surface area (Å²) in [5.74, 6) is 0.766. The number of benzene rings is 1. The van der Waals surface area contributed by atoms with Gasteiger partial charge in [0, 0.05) is 11.3 Å². The molecule has 3 aromatic rings. The molecule has 0 atom stereocenters. The van der Waals surface area contributed by atoms with E-state index < -0.39 is 0 Å². The molecule has 5 heteroatoms. The highest BCUT2D eigenvalue weighted by atomic mass is 15.3. The first kappa shape index (κ1) is 13.8. The van der Waals surface area contributed by atoms with E-state index in [-0.39, 0.29) is 0 Å². The third-order valence-corrected chi connectivity index (χ3v) is 4.57. The lowest BCUT2D eigenvalue weighted by Crippen LogP contribution is -2.12. The van der Waals surface area contributed by atoms with Crippen LogP contribution in [0.5, 0.6) is 0 Å². The summed E-state index contributed by atoms with van der Waals surface area (Å²) in [6, 6.07) is 10.5. The summed E-state index contributed by atoms with van der Waals surface area (Å²) in [7, 11) is 0. The van der Waals surface area contributed by atoms with Crippen LogP contribution in [0.2, 0.25) is 0 Å². The van der Waals surface area contributed by atoms with Crippen molar-refractivity contribution in [1.82, 2.24) is 14.6 Å². The van der Waals surface area contributed by atoms with E-state index in [4.69, 9.17) is 0 Å². The average Bonchev–Trinajstić information content (AvgIpc) is 3.07. The lowest BCUT2D eigenvalue weighted by molar-refractivity contribution is 0.683. The van der Waals surface area contributed by atoms with Crippen molar-refractivity contribution in [2.75, 3.05) is 5.32 Å². The molecule has 0 saturated carbocycles. The van der Waals surface area contributed by atoms with Crippen molar-refractivity contribution in [2.45, 2.75) is 32.6 Å². The van der Waals surface area contributed by atoms with Crippen molar-refractivity contribution in [2.24, 2.45) is 0 Å². The van der Waals surface area contributed by atoms with Gasteiger partial charge in [0.25, 0.3) is 0 Å². The van der Waals surface area contributed by atoms with E-state index in [9.17, 15) is 5.26 Å². The first-order valence-corrected chi connectivity index (χ1v) is 7.90. The first-order valence-electron chi connectivity index (χ1n) is 7.90. The van der Waals surface area contributed by atoms with Gasteiger partial charge in [0.2, 0.25) is 0 Å². The summed E-state index contributed by atoms with van der Waals surface area (Å²) < 4.78 is 1.91. The summed E-state index contributed by atoms with van der Waals surface area (Å²) in [5, 5.41) is 21.6. The molecule has 0 saturated heterocycles. The molecular weight excluding hydrogens is 286 g/mol. The maximum absolute atomic E-state index is 9.77. The molecule has 2 aromatic heterocycles. The Morgan fingerprint density at radius 1 is 1.17 bits per heavy atom. The lowest BCUT2D eigenvalue weighted by Gasteiger charge is -2.21. The van der Waals surface area contributed by atoms with Gasteiger partial charge in [-0.3, -0.25) is 4.40 Å². The smallest absolute Gasteiger partial charge is 0.165 e. The van der Waals surface area contributed by atoms with Crippen molar-refractivity contribution in [1.29, 1.82) is 5.26 Å². The largest absolute Gasteiger partial charge is 0.340 e. The Balaban J connectivity index is 1.97. The zero-order chi connectivity index (χ0) is 15.8. The van der Waals surface area contributed by atoms with Gasteiger partial charge in [-0.15, -0.1) is 10.2 Å². The van der Waals surface area contributed by atoms with Crippen LogP contribution in [0.1, 0.15) is 35.1 Å². The van der Waals surface area contributed by atoms with Crippen LogP contribution >= 0.6 is 0 Å². The van der Waals surface area contributed by atoms with Gasteiger partial charge in [0.1, 0.15) is 18.2 Å². The molecule has 0 radical (unpaired) electrons. The molecule has 1 aliphatic rings. The van der Waals surface area contributed by atoms with Gasteiger partial charge in [0.15, 0.2) is 5.65 Å². The van der Waals surface area contributed by atoms with Crippen molar-refractivity contribution in [3.8, 4) is 6.07 Å². The molecule has 0 fully saturated rings. The topological polar surface area (TPSA) is 66.0 Å². The van der Waals surface area contributed by atoms with E-state index in [1.807, 2.05) is 22.6 Å². The van der Waals surface area contributed by atoms with Gasteiger partial charge >= 0.3 is 0 Å². The fraction of sp³-hybridized carbons (Fsp3) is 0.278. The van der Waals surface area contributed by atoms with Crippen LogP contribution in [-0.4, -0.2) is 14.6 Å². The third-order valence-electron chi connectivity index (χ3n) is 4.57. The fourth-order valence-electron chi connectivity index (χ4n) is 3.38. The monoisotopic (exact) mass is 303 g/mol. The van der Waals surface area contributed by atoms with Gasteiger partial charge in [0.05, 0.1) is 5.56 Å². The lowest BCUT2D eigenvalue weighted by atomic mass is 9.89. The van der Waals surface area contributed by atoms with E-state index in [1.54, 1.807) is 6.33 Å². The molecule has 1 aromatic carbocycles. The maximum atomic E-state index is 9.77. The Kier molecular flexibility index (Phi) is 3.23. The Hall–Kier alpha value is -2.87. The molecular formula is C18H17N5.